The molecule has 23 heavy (non-hydrogen) atoms. The molecule has 5 heteroatoms. The third-order valence-electron chi connectivity index (χ3n) is 3.48. The standard InChI is InChI=1S/C18H14FNO3/c1-11-3-4-13(9-16(11)19)18(22)15(10-20)17(21)12-5-7-14(23-2)8-6-12/h3-9,15H,1-2H3. The number of methoxy groups -OCH3 is 1. The third-order valence-corrected chi connectivity index (χ3v) is 3.48. The van der Waals surface area contributed by atoms with Crippen molar-refractivity contribution in [2.45, 2.75) is 6.92 Å². The van der Waals surface area contributed by atoms with E-state index in [1.54, 1.807) is 25.1 Å². The number of aryl methyl sites for hydroxylation is 1. The van der Waals surface area contributed by atoms with Crippen LogP contribution in [0.3, 0.4) is 0 Å². The number of halogens is 1. The maximum Gasteiger partial charge on any atom is 0.188 e. The number of carbonyl (C=O) groups is 2. The lowest BCUT2D eigenvalue weighted by Crippen LogP contribution is -2.23. The predicted molar refractivity (Wildman–Crippen MR) is 81.9 cm³/mol. The molecule has 0 spiro atoms. The van der Waals surface area contributed by atoms with Crippen molar-refractivity contribution in [2.75, 3.05) is 7.11 Å². The van der Waals surface area contributed by atoms with Crippen LogP contribution < -0.4 is 4.74 Å². The lowest BCUT2D eigenvalue weighted by atomic mass is 9.91. The Kier molecular flexibility index (Phi) is 4.87. The van der Waals surface area contributed by atoms with Crippen LogP contribution in [0, 0.1) is 30.0 Å². The second-order valence-corrected chi connectivity index (χ2v) is 4.98. The van der Waals surface area contributed by atoms with Crippen LogP contribution in [0.1, 0.15) is 26.3 Å². The minimum atomic E-state index is -1.51. The van der Waals surface area contributed by atoms with Crippen LogP contribution in [-0.2, 0) is 0 Å². The van der Waals surface area contributed by atoms with Crippen LogP contribution in [-0.4, -0.2) is 18.7 Å². The molecule has 4 nitrogen and oxygen atoms in total. The molecule has 0 aliphatic rings. The second kappa shape index (κ2) is 6.84. The summed E-state index contributed by atoms with van der Waals surface area (Å²) >= 11 is 0. The molecule has 0 heterocycles. The van der Waals surface area contributed by atoms with Crippen molar-refractivity contribution in [1.82, 2.24) is 0 Å². The molecule has 1 unspecified atom stereocenters. The molecule has 0 radical (unpaired) electrons. The SMILES string of the molecule is COc1ccc(C(=O)C(C#N)C(=O)c2ccc(C)c(F)c2)cc1. The van der Waals surface area contributed by atoms with E-state index >= 15 is 0 Å². The van der Waals surface area contributed by atoms with Crippen LogP contribution in [0.15, 0.2) is 42.5 Å². The van der Waals surface area contributed by atoms with E-state index < -0.39 is 23.3 Å². The van der Waals surface area contributed by atoms with Gasteiger partial charge in [0.2, 0.25) is 0 Å². The summed E-state index contributed by atoms with van der Waals surface area (Å²) in [6.45, 7) is 1.56. The van der Waals surface area contributed by atoms with E-state index in [1.807, 2.05) is 0 Å². The number of ether oxygens (including phenoxy) is 1. The molecule has 1 atom stereocenters. The number of rotatable bonds is 5. The highest BCUT2D eigenvalue weighted by molar-refractivity contribution is 6.18. The fourth-order valence-corrected chi connectivity index (χ4v) is 2.07. The fraction of sp³-hybridized carbons (Fsp3) is 0.167. The minimum Gasteiger partial charge on any atom is -0.497 e. The van der Waals surface area contributed by atoms with Crippen molar-refractivity contribution < 1.29 is 18.7 Å². The van der Waals surface area contributed by atoms with Crippen molar-refractivity contribution in [2.24, 2.45) is 5.92 Å². The second-order valence-electron chi connectivity index (χ2n) is 4.98. The van der Waals surface area contributed by atoms with Gasteiger partial charge in [-0.3, -0.25) is 9.59 Å². The predicted octanol–water partition coefficient (Wildman–Crippen LogP) is 3.35. The Morgan fingerprint density at radius 1 is 1.09 bits per heavy atom. The van der Waals surface area contributed by atoms with Gasteiger partial charge in [-0.05, 0) is 42.8 Å². The van der Waals surface area contributed by atoms with Crippen molar-refractivity contribution in [3.8, 4) is 11.8 Å². The van der Waals surface area contributed by atoms with Gasteiger partial charge in [0.1, 0.15) is 11.6 Å². The number of hydrogen-bond acceptors (Lipinski definition) is 4. The van der Waals surface area contributed by atoms with Crippen LogP contribution in [0.25, 0.3) is 0 Å². The number of nitrogens with zero attached hydrogens (tertiary/aromatic N) is 1. The lowest BCUT2D eigenvalue weighted by Gasteiger charge is -2.09. The van der Waals surface area contributed by atoms with Gasteiger partial charge in [-0.15, -0.1) is 0 Å². The molecule has 0 saturated carbocycles. The van der Waals surface area contributed by atoms with Crippen molar-refractivity contribution >= 4 is 11.6 Å². The number of Topliss-reactive ketones (excluding diaryl/α,β-unsaturated/α-hetero) is 2. The number of nitriles is 1. The number of ketones is 2. The van der Waals surface area contributed by atoms with Gasteiger partial charge < -0.3 is 4.74 Å². The molecule has 2 rings (SSSR count). The Hall–Kier alpha value is -3.00. The fourth-order valence-electron chi connectivity index (χ4n) is 2.07. The van der Waals surface area contributed by atoms with E-state index in [1.165, 1.54) is 31.4 Å². The molecule has 0 aliphatic carbocycles. The lowest BCUT2D eigenvalue weighted by molar-refractivity contribution is 0.0845. The summed E-state index contributed by atoms with van der Waals surface area (Å²) in [5, 5.41) is 9.20. The smallest absolute Gasteiger partial charge is 0.188 e. The van der Waals surface area contributed by atoms with Gasteiger partial charge in [-0.25, -0.2) is 4.39 Å². The molecular weight excluding hydrogens is 297 g/mol. The average Bonchev–Trinajstić information content (AvgIpc) is 2.57. The largest absolute Gasteiger partial charge is 0.497 e. The minimum absolute atomic E-state index is 0.00140. The van der Waals surface area contributed by atoms with Gasteiger partial charge in [0.15, 0.2) is 17.5 Å². The molecule has 0 aromatic heterocycles. The Balaban J connectivity index is 2.30. The number of benzene rings is 2. The first-order valence-electron chi connectivity index (χ1n) is 6.86. The first-order chi connectivity index (χ1) is 11.0. The molecule has 2 aromatic carbocycles. The summed E-state index contributed by atoms with van der Waals surface area (Å²) in [7, 11) is 1.49. The highest BCUT2D eigenvalue weighted by atomic mass is 19.1. The maximum atomic E-state index is 13.6. The third kappa shape index (κ3) is 3.43. The summed E-state index contributed by atoms with van der Waals surface area (Å²) in [5.41, 5.74) is 0.608. The van der Waals surface area contributed by atoms with E-state index in [2.05, 4.69) is 0 Å². The zero-order valence-corrected chi connectivity index (χ0v) is 12.7. The quantitative estimate of drug-likeness (QED) is 0.627. The summed E-state index contributed by atoms with van der Waals surface area (Å²) in [5.74, 6) is -2.84. The summed E-state index contributed by atoms with van der Waals surface area (Å²) in [6.07, 6.45) is 0. The van der Waals surface area contributed by atoms with Gasteiger partial charge in [0.25, 0.3) is 0 Å². The Labute approximate surface area is 133 Å². The van der Waals surface area contributed by atoms with Gasteiger partial charge in [0.05, 0.1) is 13.2 Å². The van der Waals surface area contributed by atoms with Crippen molar-refractivity contribution in [3.63, 3.8) is 0 Å². The van der Waals surface area contributed by atoms with E-state index in [4.69, 9.17) is 4.74 Å². The van der Waals surface area contributed by atoms with Crippen LogP contribution in [0.2, 0.25) is 0 Å². The number of hydrogen-bond donors (Lipinski definition) is 0. The summed E-state index contributed by atoms with van der Waals surface area (Å²) in [6, 6.07) is 11.7. The number of carbonyl (C=O) groups excluding carboxylic acids is 2. The highest BCUT2D eigenvalue weighted by Gasteiger charge is 2.28. The Bertz CT molecular complexity index is 791. The van der Waals surface area contributed by atoms with E-state index in [0.717, 1.165) is 6.07 Å². The first-order valence-corrected chi connectivity index (χ1v) is 6.86. The zero-order chi connectivity index (χ0) is 17.0. The molecule has 0 bridgehead atoms. The highest BCUT2D eigenvalue weighted by Crippen LogP contribution is 2.19. The molecule has 0 N–H and O–H groups in total. The summed E-state index contributed by atoms with van der Waals surface area (Å²) < 4.78 is 18.6. The van der Waals surface area contributed by atoms with E-state index in [9.17, 15) is 19.2 Å². The molecular formula is C18H14FNO3. The van der Waals surface area contributed by atoms with E-state index in [-0.39, 0.29) is 11.1 Å². The monoisotopic (exact) mass is 311 g/mol. The molecule has 0 saturated heterocycles. The normalized spacial score (nSPS) is 11.4. The molecule has 116 valence electrons. The van der Waals surface area contributed by atoms with Gasteiger partial charge in [-0.1, -0.05) is 12.1 Å². The van der Waals surface area contributed by atoms with Gasteiger partial charge in [-0.2, -0.15) is 5.26 Å². The summed E-state index contributed by atoms with van der Waals surface area (Å²) in [4.78, 5) is 24.7. The first kappa shape index (κ1) is 16.4. The molecule has 0 fully saturated rings. The Morgan fingerprint density at radius 3 is 2.17 bits per heavy atom. The maximum absolute atomic E-state index is 13.6. The van der Waals surface area contributed by atoms with Gasteiger partial charge >= 0.3 is 0 Å². The van der Waals surface area contributed by atoms with Crippen LogP contribution in [0.4, 0.5) is 4.39 Å². The zero-order valence-electron chi connectivity index (χ0n) is 12.7. The molecule has 0 amide bonds. The average molecular weight is 311 g/mol. The van der Waals surface area contributed by atoms with Gasteiger partial charge in [0, 0.05) is 11.1 Å². The van der Waals surface area contributed by atoms with Crippen molar-refractivity contribution in [1.29, 1.82) is 5.26 Å². The van der Waals surface area contributed by atoms with Crippen LogP contribution in [0.5, 0.6) is 5.75 Å². The van der Waals surface area contributed by atoms with Crippen molar-refractivity contribution in [3.05, 3.63) is 65.0 Å². The Morgan fingerprint density at radius 2 is 1.65 bits per heavy atom. The molecule has 2 aromatic rings. The topological polar surface area (TPSA) is 67.2 Å². The molecule has 0 aliphatic heterocycles. The van der Waals surface area contributed by atoms with E-state index in [0.29, 0.717) is 11.3 Å². The van der Waals surface area contributed by atoms with Crippen LogP contribution >= 0.6 is 0 Å².